The lowest BCUT2D eigenvalue weighted by molar-refractivity contribution is 0.0697. The Kier molecular flexibility index (Phi) is 3.03. The molecule has 0 saturated heterocycles. The Morgan fingerprint density at radius 3 is 2.62 bits per heavy atom. The van der Waals surface area contributed by atoms with Crippen LogP contribution in [0.2, 0.25) is 0 Å². The van der Waals surface area contributed by atoms with Gasteiger partial charge in [-0.2, -0.15) is 0 Å². The van der Waals surface area contributed by atoms with Crippen LogP contribution in [-0.4, -0.2) is 24.7 Å². The zero-order valence-electron chi connectivity index (χ0n) is 13.9. The van der Waals surface area contributed by atoms with E-state index in [1.807, 2.05) is 30.3 Å². The third-order valence-corrected chi connectivity index (χ3v) is 4.71. The number of carboxylic acid groups (broad SMARTS) is 1. The minimum atomic E-state index is -1.00. The smallest absolute Gasteiger partial charge is 0.336 e. The monoisotopic (exact) mass is 350 g/mol. The van der Waals surface area contributed by atoms with Crippen LogP contribution in [0.15, 0.2) is 36.4 Å². The minimum absolute atomic E-state index is 0.0961. The number of rotatable bonds is 2. The fraction of sp³-hybridized carbons (Fsp3) is 0.150. The van der Waals surface area contributed by atoms with Crippen molar-refractivity contribution in [2.45, 2.75) is 6.92 Å². The van der Waals surface area contributed by atoms with E-state index in [0.717, 1.165) is 5.39 Å². The Hall–Kier alpha value is -3.41. The van der Waals surface area contributed by atoms with Crippen molar-refractivity contribution in [1.82, 2.24) is 0 Å². The molecule has 0 fully saturated rings. The van der Waals surface area contributed by atoms with Gasteiger partial charge in [0.1, 0.15) is 11.5 Å². The van der Waals surface area contributed by atoms with Crippen molar-refractivity contribution in [2.24, 2.45) is 0 Å². The number of carboxylic acids is 1. The van der Waals surface area contributed by atoms with E-state index >= 15 is 0 Å². The quantitative estimate of drug-likeness (QED) is 0.754. The largest absolute Gasteiger partial charge is 0.478 e. The molecule has 1 N–H and O–H groups in total. The van der Waals surface area contributed by atoms with Crippen LogP contribution < -0.4 is 18.9 Å². The first-order chi connectivity index (χ1) is 12.6. The Balaban J connectivity index is 1.95. The SMILES string of the molecule is Cc1cc2ccc3c(c2c(-c2ccc4cc2OCO4)c1C(=O)O)OCO3. The zero-order chi connectivity index (χ0) is 17.8. The molecule has 26 heavy (non-hydrogen) atoms. The highest BCUT2D eigenvalue weighted by Gasteiger charge is 2.27. The molecule has 130 valence electrons. The normalized spacial score (nSPS) is 14.0. The van der Waals surface area contributed by atoms with E-state index in [2.05, 4.69) is 0 Å². The van der Waals surface area contributed by atoms with E-state index in [4.69, 9.17) is 18.9 Å². The first kappa shape index (κ1) is 14.9. The molecule has 5 rings (SSSR count). The van der Waals surface area contributed by atoms with Crippen LogP contribution in [0.25, 0.3) is 21.9 Å². The van der Waals surface area contributed by atoms with E-state index < -0.39 is 5.97 Å². The summed E-state index contributed by atoms with van der Waals surface area (Å²) in [6.45, 7) is 2.00. The van der Waals surface area contributed by atoms with Gasteiger partial charge >= 0.3 is 5.97 Å². The van der Waals surface area contributed by atoms with Gasteiger partial charge in [-0.3, -0.25) is 0 Å². The van der Waals surface area contributed by atoms with Crippen LogP contribution in [0, 0.1) is 6.92 Å². The summed E-state index contributed by atoms with van der Waals surface area (Å²) in [5.41, 5.74) is 2.15. The number of fused-ring (bicyclic) bond motifs is 5. The standard InChI is InChI=1S/C20H14O6/c1-10-6-11-2-5-14-19(26-9-24-14)17(11)18(16(10)20(21)22)13-4-3-12-7-15(13)25-8-23-12/h2-7H,8-9H2,1H3,(H,21,22). The highest BCUT2D eigenvalue weighted by molar-refractivity contribution is 6.12. The highest BCUT2D eigenvalue weighted by Crippen LogP contribution is 2.48. The van der Waals surface area contributed by atoms with Gasteiger partial charge in [0.05, 0.1) is 5.56 Å². The van der Waals surface area contributed by atoms with Gasteiger partial charge < -0.3 is 24.1 Å². The number of aromatic carboxylic acids is 1. The van der Waals surface area contributed by atoms with Crippen molar-refractivity contribution < 1.29 is 28.8 Å². The number of ether oxygens (including phenoxy) is 4. The van der Waals surface area contributed by atoms with Gasteiger partial charge in [-0.05, 0) is 36.1 Å². The predicted octanol–water partition coefficient (Wildman–Crippen LogP) is 3.97. The Morgan fingerprint density at radius 2 is 1.77 bits per heavy atom. The van der Waals surface area contributed by atoms with E-state index in [1.54, 1.807) is 13.0 Å². The van der Waals surface area contributed by atoms with E-state index in [0.29, 0.717) is 45.1 Å². The maximum Gasteiger partial charge on any atom is 0.336 e. The summed E-state index contributed by atoms with van der Waals surface area (Å²) in [6.07, 6.45) is 0. The van der Waals surface area contributed by atoms with Crippen molar-refractivity contribution in [2.75, 3.05) is 13.6 Å². The number of carbonyl (C=O) groups is 1. The maximum absolute atomic E-state index is 12.1. The first-order valence-corrected chi connectivity index (χ1v) is 8.12. The lowest BCUT2D eigenvalue weighted by atomic mass is 9.89. The van der Waals surface area contributed by atoms with E-state index in [9.17, 15) is 9.90 Å². The van der Waals surface area contributed by atoms with Crippen molar-refractivity contribution in [3.05, 3.63) is 47.5 Å². The second-order valence-corrected chi connectivity index (χ2v) is 6.21. The van der Waals surface area contributed by atoms with Crippen molar-refractivity contribution in [3.63, 3.8) is 0 Å². The molecule has 2 bridgehead atoms. The molecular formula is C20H14O6. The van der Waals surface area contributed by atoms with Gasteiger partial charge in [0.15, 0.2) is 11.5 Å². The van der Waals surface area contributed by atoms with Crippen LogP contribution in [0.5, 0.6) is 23.0 Å². The van der Waals surface area contributed by atoms with Crippen molar-refractivity contribution >= 4 is 16.7 Å². The summed E-state index contributed by atoms with van der Waals surface area (Å²) in [7, 11) is 0. The lowest BCUT2D eigenvalue weighted by Gasteiger charge is -2.21. The topological polar surface area (TPSA) is 74.2 Å². The third kappa shape index (κ3) is 2.02. The Labute approximate surface area is 148 Å². The molecule has 2 aliphatic heterocycles. The zero-order valence-corrected chi connectivity index (χ0v) is 13.9. The maximum atomic E-state index is 12.1. The third-order valence-electron chi connectivity index (χ3n) is 4.71. The van der Waals surface area contributed by atoms with Crippen LogP contribution >= 0.6 is 0 Å². The first-order valence-electron chi connectivity index (χ1n) is 8.12. The van der Waals surface area contributed by atoms with Gasteiger partial charge in [0, 0.05) is 22.6 Å². The number of hydrogen-bond acceptors (Lipinski definition) is 5. The second-order valence-electron chi connectivity index (χ2n) is 6.21. The summed E-state index contributed by atoms with van der Waals surface area (Å²) in [6, 6.07) is 11.0. The lowest BCUT2D eigenvalue weighted by Crippen LogP contribution is -2.12. The Morgan fingerprint density at radius 1 is 0.962 bits per heavy atom. The number of hydrogen-bond donors (Lipinski definition) is 1. The molecule has 0 amide bonds. The fourth-order valence-electron chi connectivity index (χ4n) is 3.62. The molecular weight excluding hydrogens is 336 g/mol. The van der Waals surface area contributed by atoms with Crippen molar-refractivity contribution in [3.8, 4) is 34.1 Å². The second kappa shape index (κ2) is 5.29. The van der Waals surface area contributed by atoms with Crippen LogP contribution in [0.4, 0.5) is 0 Å². The number of benzene rings is 3. The molecule has 2 aliphatic rings. The average molecular weight is 350 g/mol. The molecule has 0 unspecified atom stereocenters. The minimum Gasteiger partial charge on any atom is -0.478 e. The van der Waals surface area contributed by atoms with E-state index in [1.165, 1.54) is 0 Å². The molecule has 0 spiro atoms. The predicted molar refractivity (Wildman–Crippen MR) is 93.3 cm³/mol. The molecule has 0 radical (unpaired) electrons. The Bertz CT molecular complexity index is 1090. The molecule has 0 aromatic heterocycles. The van der Waals surface area contributed by atoms with Crippen LogP contribution in [-0.2, 0) is 0 Å². The molecule has 0 atom stereocenters. The van der Waals surface area contributed by atoms with Gasteiger partial charge in [0.25, 0.3) is 0 Å². The molecule has 6 heteroatoms. The highest BCUT2D eigenvalue weighted by atomic mass is 16.7. The molecule has 0 aliphatic carbocycles. The summed E-state index contributed by atoms with van der Waals surface area (Å²) in [5, 5.41) is 11.5. The molecule has 3 aromatic carbocycles. The van der Waals surface area contributed by atoms with Crippen LogP contribution in [0.3, 0.4) is 0 Å². The fourth-order valence-corrected chi connectivity index (χ4v) is 3.62. The summed E-state index contributed by atoms with van der Waals surface area (Å²) < 4.78 is 22.1. The van der Waals surface area contributed by atoms with Gasteiger partial charge in [-0.25, -0.2) is 4.79 Å². The molecule has 3 aromatic rings. The van der Waals surface area contributed by atoms with Gasteiger partial charge in [0.2, 0.25) is 13.6 Å². The average Bonchev–Trinajstić information content (AvgIpc) is 3.09. The summed E-state index contributed by atoms with van der Waals surface area (Å²) in [5.74, 6) is 1.43. The molecule has 6 nitrogen and oxygen atoms in total. The molecule has 0 saturated carbocycles. The molecule has 2 heterocycles. The number of aryl methyl sites for hydroxylation is 1. The van der Waals surface area contributed by atoms with Crippen LogP contribution in [0.1, 0.15) is 15.9 Å². The summed E-state index contributed by atoms with van der Waals surface area (Å²) in [4.78, 5) is 12.1. The summed E-state index contributed by atoms with van der Waals surface area (Å²) >= 11 is 0. The van der Waals surface area contributed by atoms with Crippen molar-refractivity contribution in [1.29, 1.82) is 0 Å². The van der Waals surface area contributed by atoms with E-state index in [-0.39, 0.29) is 19.1 Å². The van der Waals surface area contributed by atoms with Gasteiger partial charge in [-0.15, -0.1) is 0 Å². The van der Waals surface area contributed by atoms with Gasteiger partial charge in [-0.1, -0.05) is 12.1 Å².